The maximum absolute atomic E-state index is 11.4. The first-order valence-electron chi connectivity index (χ1n) is 6.44. The van der Waals surface area contributed by atoms with Crippen molar-refractivity contribution in [2.75, 3.05) is 11.9 Å². The second-order valence-electron chi connectivity index (χ2n) is 4.76. The fourth-order valence-corrected chi connectivity index (χ4v) is 1.98. The SMILES string of the molecule is CCC(CC)(CNc1ncc([N+](=O)[O-])cc1C)C(=O)O. The van der Waals surface area contributed by atoms with E-state index in [4.69, 9.17) is 0 Å². The Kier molecular flexibility index (Phi) is 5.01. The summed E-state index contributed by atoms with van der Waals surface area (Å²) in [7, 11) is 0. The Bertz CT molecular complexity index is 512. The molecule has 1 aromatic rings. The molecule has 0 atom stereocenters. The highest BCUT2D eigenvalue weighted by atomic mass is 16.6. The number of hydrogen-bond donors (Lipinski definition) is 2. The van der Waals surface area contributed by atoms with Gasteiger partial charge in [0.25, 0.3) is 5.69 Å². The Morgan fingerprint density at radius 1 is 1.50 bits per heavy atom. The molecule has 1 rings (SSSR count). The minimum atomic E-state index is -0.852. The van der Waals surface area contributed by atoms with Gasteiger partial charge in [-0.2, -0.15) is 0 Å². The number of hydrogen-bond acceptors (Lipinski definition) is 5. The normalized spacial score (nSPS) is 11.2. The third kappa shape index (κ3) is 3.23. The van der Waals surface area contributed by atoms with Gasteiger partial charge in [0, 0.05) is 12.6 Å². The van der Waals surface area contributed by atoms with Crippen LogP contribution in [0.1, 0.15) is 32.3 Å². The van der Waals surface area contributed by atoms with E-state index in [0.29, 0.717) is 24.2 Å². The molecule has 0 fully saturated rings. The van der Waals surface area contributed by atoms with Crippen LogP contribution in [0.25, 0.3) is 0 Å². The Hall–Kier alpha value is -2.18. The number of carboxylic acid groups (broad SMARTS) is 1. The third-order valence-electron chi connectivity index (χ3n) is 3.68. The van der Waals surface area contributed by atoms with Crippen molar-refractivity contribution in [2.24, 2.45) is 5.41 Å². The zero-order valence-corrected chi connectivity index (χ0v) is 11.8. The Morgan fingerprint density at radius 2 is 2.10 bits per heavy atom. The molecular formula is C13H19N3O4. The average molecular weight is 281 g/mol. The fraction of sp³-hybridized carbons (Fsp3) is 0.538. The summed E-state index contributed by atoms with van der Waals surface area (Å²) in [4.78, 5) is 25.5. The second kappa shape index (κ2) is 6.31. The minimum Gasteiger partial charge on any atom is -0.481 e. The third-order valence-corrected chi connectivity index (χ3v) is 3.68. The zero-order chi connectivity index (χ0) is 15.3. The van der Waals surface area contributed by atoms with E-state index in [2.05, 4.69) is 10.3 Å². The van der Waals surface area contributed by atoms with Crippen LogP contribution in [0.15, 0.2) is 12.3 Å². The topological polar surface area (TPSA) is 105 Å². The highest BCUT2D eigenvalue weighted by Crippen LogP contribution is 2.28. The first-order valence-corrected chi connectivity index (χ1v) is 6.44. The van der Waals surface area contributed by atoms with Gasteiger partial charge in [-0.15, -0.1) is 0 Å². The van der Waals surface area contributed by atoms with Crippen molar-refractivity contribution in [1.29, 1.82) is 0 Å². The number of anilines is 1. The summed E-state index contributed by atoms with van der Waals surface area (Å²) in [6, 6.07) is 1.41. The molecule has 110 valence electrons. The van der Waals surface area contributed by atoms with E-state index in [-0.39, 0.29) is 12.2 Å². The van der Waals surface area contributed by atoms with Crippen molar-refractivity contribution in [3.05, 3.63) is 27.9 Å². The van der Waals surface area contributed by atoms with E-state index in [1.807, 2.05) is 13.8 Å². The molecular weight excluding hydrogens is 262 g/mol. The largest absolute Gasteiger partial charge is 0.481 e. The van der Waals surface area contributed by atoms with Crippen LogP contribution in [0.4, 0.5) is 11.5 Å². The van der Waals surface area contributed by atoms with E-state index in [1.54, 1.807) is 6.92 Å². The summed E-state index contributed by atoms with van der Waals surface area (Å²) in [5.74, 6) is -0.377. The molecule has 0 aliphatic carbocycles. The molecule has 1 aromatic heterocycles. The smallest absolute Gasteiger partial charge is 0.311 e. The number of rotatable bonds is 7. The number of carboxylic acids is 1. The molecule has 0 aliphatic heterocycles. The predicted octanol–water partition coefficient (Wildman–Crippen LogP) is 2.60. The predicted molar refractivity (Wildman–Crippen MR) is 74.8 cm³/mol. The number of pyridine rings is 1. The summed E-state index contributed by atoms with van der Waals surface area (Å²) in [6.07, 6.45) is 2.16. The van der Waals surface area contributed by atoms with E-state index >= 15 is 0 Å². The number of aliphatic carboxylic acids is 1. The van der Waals surface area contributed by atoms with Crippen LogP contribution in [0.5, 0.6) is 0 Å². The number of carbonyl (C=O) groups is 1. The van der Waals surface area contributed by atoms with Crippen LogP contribution in [0.3, 0.4) is 0 Å². The Morgan fingerprint density at radius 3 is 2.50 bits per heavy atom. The van der Waals surface area contributed by atoms with Gasteiger partial charge >= 0.3 is 5.97 Å². The molecule has 2 N–H and O–H groups in total. The fourth-order valence-electron chi connectivity index (χ4n) is 1.98. The van der Waals surface area contributed by atoms with Crippen molar-refractivity contribution in [3.63, 3.8) is 0 Å². The van der Waals surface area contributed by atoms with Gasteiger partial charge in [-0.25, -0.2) is 4.98 Å². The Balaban J connectivity index is 2.89. The van der Waals surface area contributed by atoms with E-state index in [0.717, 1.165) is 6.20 Å². The first kappa shape index (κ1) is 15.9. The van der Waals surface area contributed by atoms with Gasteiger partial charge in [0.1, 0.15) is 12.0 Å². The monoisotopic (exact) mass is 281 g/mol. The van der Waals surface area contributed by atoms with Gasteiger partial charge in [0.05, 0.1) is 10.3 Å². The van der Waals surface area contributed by atoms with Gasteiger partial charge in [0.2, 0.25) is 0 Å². The molecule has 7 nitrogen and oxygen atoms in total. The zero-order valence-electron chi connectivity index (χ0n) is 11.8. The summed E-state index contributed by atoms with van der Waals surface area (Å²) >= 11 is 0. The summed E-state index contributed by atoms with van der Waals surface area (Å²) in [6.45, 7) is 5.59. The molecule has 0 amide bonds. The minimum absolute atomic E-state index is 0.0801. The lowest BCUT2D eigenvalue weighted by Crippen LogP contribution is -2.37. The number of nitro groups is 1. The first-order chi connectivity index (χ1) is 9.36. The van der Waals surface area contributed by atoms with Crippen molar-refractivity contribution in [1.82, 2.24) is 4.98 Å². The van der Waals surface area contributed by atoms with Crippen LogP contribution < -0.4 is 5.32 Å². The maximum atomic E-state index is 11.4. The number of nitrogens with zero attached hydrogens (tertiary/aromatic N) is 2. The summed E-state index contributed by atoms with van der Waals surface area (Å²) < 4.78 is 0. The van der Waals surface area contributed by atoms with Gasteiger partial charge in [-0.05, 0) is 25.3 Å². The number of aryl methyl sites for hydroxylation is 1. The lowest BCUT2D eigenvalue weighted by molar-refractivity contribution is -0.385. The highest BCUT2D eigenvalue weighted by molar-refractivity contribution is 5.75. The van der Waals surface area contributed by atoms with Gasteiger partial charge in [-0.3, -0.25) is 14.9 Å². The van der Waals surface area contributed by atoms with Gasteiger partial charge in [0.15, 0.2) is 0 Å². The summed E-state index contributed by atoms with van der Waals surface area (Å²) in [5, 5.41) is 23.0. The number of aromatic nitrogens is 1. The molecule has 0 aliphatic rings. The van der Waals surface area contributed by atoms with Crippen LogP contribution in [0, 0.1) is 22.5 Å². The molecule has 1 heterocycles. The van der Waals surface area contributed by atoms with Crippen molar-refractivity contribution < 1.29 is 14.8 Å². The molecule has 20 heavy (non-hydrogen) atoms. The van der Waals surface area contributed by atoms with Gasteiger partial charge < -0.3 is 10.4 Å². The van der Waals surface area contributed by atoms with Gasteiger partial charge in [-0.1, -0.05) is 13.8 Å². The standard InChI is InChI=1S/C13H19N3O4/c1-4-13(5-2,12(17)18)8-15-11-9(3)6-10(7-14-11)16(19)20/h6-7H,4-5,8H2,1-3H3,(H,14,15)(H,17,18). The maximum Gasteiger partial charge on any atom is 0.311 e. The van der Waals surface area contributed by atoms with Crippen LogP contribution >= 0.6 is 0 Å². The van der Waals surface area contributed by atoms with Crippen LogP contribution in [-0.4, -0.2) is 27.5 Å². The highest BCUT2D eigenvalue weighted by Gasteiger charge is 2.34. The molecule has 0 saturated carbocycles. The average Bonchev–Trinajstić information content (AvgIpc) is 2.41. The quantitative estimate of drug-likeness (QED) is 0.588. The van der Waals surface area contributed by atoms with Crippen molar-refractivity contribution in [2.45, 2.75) is 33.6 Å². The lowest BCUT2D eigenvalue weighted by atomic mass is 9.82. The van der Waals surface area contributed by atoms with Crippen molar-refractivity contribution in [3.8, 4) is 0 Å². The number of nitrogens with one attached hydrogen (secondary N) is 1. The molecule has 0 radical (unpaired) electrons. The molecule has 0 unspecified atom stereocenters. The van der Waals surface area contributed by atoms with E-state index in [1.165, 1.54) is 6.07 Å². The second-order valence-corrected chi connectivity index (χ2v) is 4.76. The molecule has 0 spiro atoms. The Labute approximate surface area is 117 Å². The summed E-state index contributed by atoms with van der Waals surface area (Å²) in [5.41, 5.74) is -0.315. The lowest BCUT2D eigenvalue weighted by Gasteiger charge is -2.27. The van der Waals surface area contributed by atoms with E-state index in [9.17, 15) is 20.0 Å². The van der Waals surface area contributed by atoms with Crippen molar-refractivity contribution >= 4 is 17.5 Å². The molecule has 0 saturated heterocycles. The molecule has 7 heteroatoms. The van der Waals surface area contributed by atoms with Crippen LogP contribution in [-0.2, 0) is 4.79 Å². The van der Waals surface area contributed by atoms with Crippen LogP contribution in [0.2, 0.25) is 0 Å². The molecule has 0 aromatic carbocycles. The molecule has 0 bridgehead atoms. The van der Waals surface area contributed by atoms with E-state index < -0.39 is 16.3 Å².